The van der Waals surface area contributed by atoms with Crippen molar-refractivity contribution >= 4 is 28.1 Å². The third-order valence-corrected chi connectivity index (χ3v) is 3.43. The molecule has 2 rings (SSSR count). The minimum atomic E-state index is -4.37. The number of hydrogen-bond donors (Lipinski definition) is 1. The van der Waals surface area contributed by atoms with Crippen LogP contribution < -0.4 is 5.43 Å². The maximum absolute atomic E-state index is 12.4. The van der Waals surface area contributed by atoms with E-state index in [0.717, 1.165) is 12.1 Å². The summed E-state index contributed by atoms with van der Waals surface area (Å²) < 4.78 is 37.8. The molecule has 0 aliphatic rings. The fourth-order valence-corrected chi connectivity index (χ4v) is 2.09. The molecule has 22 heavy (non-hydrogen) atoms. The Balaban J connectivity index is 2.01. The van der Waals surface area contributed by atoms with E-state index in [1.165, 1.54) is 18.3 Å². The Hall–Kier alpha value is -2.15. The Morgan fingerprint density at radius 3 is 2.32 bits per heavy atom. The maximum Gasteiger partial charge on any atom is 0.416 e. The van der Waals surface area contributed by atoms with E-state index in [1.54, 1.807) is 24.3 Å². The molecule has 1 amide bonds. The largest absolute Gasteiger partial charge is 0.416 e. The van der Waals surface area contributed by atoms with Crippen molar-refractivity contribution in [3.8, 4) is 0 Å². The summed E-state index contributed by atoms with van der Waals surface area (Å²) in [7, 11) is 0. The zero-order chi connectivity index (χ0) is 16.2. The number of benzene rings is 2. The molecule has 1 N–H and O–H groups in total. The van der Waals surface area contributed by atoms with Crippen LogP contribution in [0.1, 0.15) is 21.5 Å². The molecule has 0 radical (unpaired) electrons. The summed E-state index contributed by atoms with van der Waals surface area (Å²) in [4.78, 5) is 11.8. The lowest BCUT2D eigenvalue weighted by molar-refractivity contribution is -0.137. The third-order valence-electron chi connectivity index (χ3n) is 2.74. The van der Waals surface area contributed by atoms with E-state index in [0.29, 0.717) is 15.6 Å². The Bertz CT molecular complexity index is 697. The van der Waals surface area contributed by atoms with Crippen LogP contribution in [0.3, 0.4) is 0 Å². The summed E-state index contributed by atoms with van der Waals surface area (Å²) in [6.07, 6.45) is -3.10. The molecule has 2 aromatic rings. The lowest BCUT2D eigenvalue weighted by atomic mass is 10.1. The van der Waals surface area contributed by atoms with Crippen molar-refractivity contribution in [3.05, 3.63) is 69.7 Å². The summed E-state index contributed by atoms with van der Waals surface area (Å²) >= 11 is 3.24. The van der Waals surface area contributed by atoms with Gasteiger partial charge in [0.15, 0.2) is 0 Å². The molecule has 0 atom stereocenters. The van der Waals surface area contributed by atoms with Gasteiger partial charge in [0.1, 0.15) is 0 Å². The first-order chi connectivity index (χ1) is 10.4. The molecule has 0 saturated carbocycles. The molecule has 0 bridgehead atoms. The van der Waals surface area contributed by atoms with Crippen LogP contribution in [0.5, 0.6) is 0 Å². The Morgan fingerprint density at radius 2 is 1.73 bits per heavy atom. The van der Waals surface area contributed by atoms with Gasteiger partial charge in [-0.15, -0.1) is 0 Å². The summed E-state index contributed by atoms with van der Waals surface area (Å²) in [5.74, 6) is -0.421. The van der Waals surface area contributed by atoms with E-state index >= 15 is 0 Å². The standard InChI is InChI=1S/C15H10BrF3N2O/c16-13-4-2-1-3-12(13)14(22)21-20-9-10-5-7-11(8-6-10)15(17,18)19/h1-9H,(H,21,22). The minimum Gasteiger partial charge on any atom is -0.267 e. The Kier molecular flexibility index (Phi) is 4.97. The first kappa shape index (κ1) is 16.2. The second-order valence-corrected chi connectivity index (χ2v) is 5.15. The lowest BCUT2D eigenvalue weighted by Gasteiger charge is -2.05. The van der Waals surface area contributed by atoms with Crippen LogP contribution in [0.25, 0.3) is 0 Å². The van der Waals surface area contributed by atoms with Gasteiger partial charge >= 0.3 is 6.18 Å². The van der Waals surface area contributed by atoms with Crippen LogP contribution in [0, 0.1) is 0 Å². The van der Waals surface area contributed by atoms with Crippen LogP contribution in [0.2, 0.25) is 0 Å². The molecule has 3 nitrogen and oxygen atoms in total. The highest BCUT2D eigenvalue weighted by Gasteiger charge is 2.29. The SMILES string of the molecule is O=C(NN=Cc1ccc(C(F)(F)F)cc1)c1ccccc1Br. The Labute approximate surface area is 133 Å². The van der Waals surface area contributed by atoms with E-state index < -0.39 is 17.6 Å². The monoisotopic (exact) mass is 370 g/mol. The number of halogens is 4. The molecule has 0 aliphatic heterocycles. The van der Waals surface area contributed by atoms with E-state index in [9.17, 15) is 18.0 Å². The van der Waals surface area contributed by atoms with Gasteiger partial charge < -0.3 is 0 Å². The number of hydrazone groups is 1. The summed E-state index contributed by atoms with van der Waals surface area (Å²) in [5.41, 5.74) is 2.43. The number of amides is 1. The van der Waals surface area contributed by atoms with Gasteiger partial charge in [-0.1, -0.05) is 24.3 Å². The molecule has 0 saturated heterocycles. The average Bonchev–Trinajstić information content (AvgIpc) is 2.47. The van der Waals surface area contributed by atoms with Crippen molar-refractivity contribution in [2.75, 3.05) is 0 Å². The second kappa shape index (κ2) is 6.74. The van der Waals surface area contributed by atoms with Gasteiger partial charge in [0.2, 0.25) is 0 Å². The van der Waals surface area contributed by atoms with Crippen molar-refractivity contribution in [3.63, 3.8) is 0 Å². The number of hydrogen-bond acceptors (Lipinski definition) is 2. The van der Waals surface area contributed by atoms with Gasteiger partial charge in [0.05, 0.1) is 17.3 Å². The van der Waals surface area contributed by atoms with E-state index in [4.69, 9.17) is 0 Å². The van der Waals surface area contributed by atoms with Crippen molar-refractivity contribution in [1.82, 2.24) is 5.43 Å². The molecule has 2 aromatic carbocycles. The third kappa shape index (κ3) is 4.17. The molecule has 0 spiro atoms. The Morgan fingerprint density at radius 1 is 1.09 bits per heavy atom. The van der Waals surface area contributed by atoms with Crippen LogP contribution in [-0.4, -0.2) is 12.1 Å². The van der Waals surface area contributed by atoms with Gasteiger partial charge in [0.25, 0.3) is 5.91 Å². The highest BCUT2D eigenvalue weighted by molar-refractivity contribution is 9.10. The quantitative estimate of drug-likeness (QED) is 0.637. The van der Waals surface area contributed by atoms with Crippen molar-refractivity contribution in [2.24, 2.45) is 5.10 Å². The van der Waals surface area contributed by atoms with E-state index in [1.807, 2.05) is 0 Å². The van der Waals surface area contributed by atoms with Gasteiger partial charge in [-0.05, 0) is 45.8 Å². The van der Waals surface area contributed by atoms with Crippen LogP contribution in [-0.2, 0) is 6.18 Å². The van der Waals surface area contributed by atoms with Gasteiger partial charge in [-0.2, -0.15) is 18.3 Å². The average molecular weight is 371 g/mol. The maximum atomic E-state index is 12.4. The molecule has 0 heterocycles. The zero-order valence-electron chi connectivity index (χ0n) is 11.1. The van der Waals surface area contributed by atoms with Gasteiger partial charge in [0, 0.05) is 4.47 Å². The number of rotatable bonds is 3. The first-order valence-electron chi connectivity index (χ1n) is 6.13. The van der Waals surface area contributed by atoms with Gasteiger partial charge in [-0.25, -0.2) is 5.43 Å². The zero-order valence-corrected chi connectivity index (χ0v) is 12.6. The lowest BCUT2D eigenvalue weighted by Crippen LogP contribution is -2.18. The van der Waals surface area contributed by atoms with E-state index in [2.05, 4.69) is 26.5 Å². The van der Waals surface area contributed by atoms with E-state index in [-0.39, 0.29) is 0 Å². The van der Waals surface area contributed by atoms with Crippen molar-refractivity contribution < 1.29 is 18.0 Å². The molecule has 0 aliphatic carbocycles. The molecular formula is C15H10BrF3N2O. The normalized spacial score (nSPS) is 11.6. The fourth-order valence-electron chi connectivity index (χ4n) is 1.63. The molecule has 0 aromatic heterocycles. The topological polar surface area (TPSA) is 41.5 Å². The minimum absolute atomic E-state index is 0.409. The number of alkyl halides is 3. The van der Waals surface area contributed by atoms with Crippen molar-refractivity contribution in [1.29, 1.82) is 0 Å². The fraction of sp³-hybridized carbons (Fsp3) is 0.0667. The second-order valence-electron chi connectivity index (χ2n) is 4.30. The molecular weight excluding hydrogens is 361 g/mol. The number of carbonyl (C=O) groups excluding carboxylic acids is 1. The predicted molar refractivity (Wildman–Crippen MR) is 80.6 cm³/mol. The summed E-state index contributed by atoms with van der Waals surface area (Å²) in [6.45, 7) is 0. The highest BCUT2D eigenvalue weighted by atomic mass is 79.9. The number of nitrogens with one attached hydrogen (secondary N) is 1. The number of carbonyl (C=O) groups is 1. The smallest absolute Gasteiger partial charge is 0.267 e. The van der Waals surface area contributed by atoms with Gasteiger partial charge in [-0.3, -0.25) is 4.79 Å². The summed E-state index contributed by atoms with van der Waals surface area (Å²) in [6, 6.07) is 11.3. The van der Waals surface area contributed by atoms with Crippen LogP contribution >= 0.6 is 15.9 Å². The van der Waals surface area contributed by atoms with Crippen LogP contribution in [0.15, 0.2) is 58.1 Å². The predicted octanol–water partition coefficient (Wildman–Crippen LogP) is 4.23. The molecule has 114 valence electrons. The molecule has 7 heteroatoms. The number of nitrogens with zero attached hydrogens (tertiary/aromatic N) is 1. The molecule has 0 unspecified atom stereocenters. The summed E-state index contributed by atoms with van der Waals surface area (Å²) in [5, 5.41) is 3.72. The first-order valence-corrected chi connectivity index (χ1v) is 6.92. The van der Waals surface area contributed by atoms with Crippen LogP contribution in [0.4, 0.5) is 13.2 Å². The van der Waals surface area contributed by atoms with Crippen molar-refractivity contribution in [2.45, 2.75) is 6.18 Å². The highest BCUT2D eigenvalue weighted by Crippen LogP contribution is 2.28. The molecule has 0 fully saturated rings.